The van der Waals surface area contributed by atoms with Crippen LogP contribution < -0.4 is 0 Å². The second-order valence-electron chi connectivity index (χ2n) is 6.06. The molecule has 0 radical (unpaired) electrons. The van der Waals surface area contributed by atoms with E-state index in [1.54, 1.807) is 7.11 Å². The van der Waals surface area contributed by atoms with Crippen LogP contribution in [0.1, 0.15) is 35.2 Å². The highest BCUT2D eigenvalue weighted by Crippen LogP contribution is 2.33. The highest BCUT2D eigenvalue weighted by Gasteiger charge is 2.35. The second kappa shape index (κ2) is 5.66. The average molecular weight is 288 g/mol. The van der Waals surface area contributed by atoms with E-state index in [0.717, 1.165) is 36.7 Å². The normalized spacial score (nSPS) is 23.0. The Kier molecular flexibility index (Phi) is 3.87. The molecule has 114 valence electrons. The van der Waals surface area contributed by atoms with Crippen LogP contribution in [-0.4, -0.2) is 39.2 Å². The van der Waals surface area contributed by atoms with Crippen molar-refractivity contribution in [2.24, 2.45) is 7.05 Å². The number of nitrogens with one attached hydrogen (secondary N) is 1. The molecule has 0 amide bonds. The summed E-state index contributed by atoms with van der Waals surface area (Å²) in [6.07, 6.45) is 5.55. The van der Waals surface area contributed by atoms with Gasteiger partial charge in [0.1, 0.15) is 5.82 Å². The van der Waals surface area contributed by atoms with Gasteiger partial charge in [-0.15, -0.1) is 0 Å². The quantitative estimate of drug-likeness (QED) is 0.939. The standard InChI is InChI=1S/C16H24N4O/c1-11-12(2)18-16(17-11)15-7-14(21-4)10-20(15)9-13-5-6-19(3)8-13/h5-6,8,14-15H,7,9-10H2,1-4H3,(H,17,18)/t14-,15+/m1/s1. The first-order chi connectivity index (χ1) is 10.1. The molecule has 3 heterocycles. The molecule has 1 fully saturated rings. The van der Waals surface area contributed by atoms with Gasteiger partial charge in [0.2, 0.25) is 0 Å². The lowest BCUT2D eigenvalue weighted by Gasteiger charge is -2.22. The molecule has 1 aliphatic rings. The SMILES string of the molecule is CO[C@@H]1C[C@@H](c2nc(C)c(C)[nH]2)N(Cc2ccn(C)c2)C1. The zero-order chi connectivity index (χ0) is 15.0. The zero-order valence-corrected chi connectivity index (χ0v) is 13.3. The van der Waals surface area contributed by atoms with Crippen LogP contribution in [0.4, 0.5) is 0 Å². The fourth-order valence-electron chi connectivity index (χ4n) is 3.11. The van der Waals surface area contributed by atoms with Gasteiger partial charge in [-0.2, -0.15) is 0 Å². The van der Waals surface area contributed by atoms with Crippen LogP contribution in [0.5, 0.6) is 0 Å². The third-order valence-corrected chi connectivity index (χ3v) is 4.44. The van der Waals surface area contributed by atoms with Crippen LogP contribution >= 0.6 is 0 Å². The maximum Gasteiger partial charge on any atom is 0.124 e. The Balaban J connectivity index is 1.81. The molecule has 5 nitrogen and oxygen atoms in total. The summed E-state index contributed by atoms with van der Waals surface area (Å²) in [6, 6.07) is 2.48. The van der Waals surface area contributed by atoms with Gasteiger partial charge in [0.05, 0.1) is 17.8 Å². The monoisotopic (exact) mass is 288 g/mol. The first-order valence-electron chi connectivity index (χ1n) is 7.47. The number of ether oxygens (including phenoxy) is 1. The van der Waals surface area contributed by atoms with Crippen molar-refractivity contribution in [3.05, 3.63) is 41.2 Å². The van der Waals surface area contributed by atoms with E-state index < -0.39 is 0 Å². The van der Waals surface area contributed by atoms with E-state index in [1.807, 2.05) is 0 Å². The van der Waals surface area contributed by atoms with E-state index in [-0.39, 0.29) is 6.10 Å². The van der Waals surface area contributed by atoms with Gasteiger partial charge in [-0.25, -0.2) is 4.98 Å². The Morgan fingerprint density at radius 1 is 1.43 bits per heavy atom. The Morgan fingerprint density at radius 3 is 2.81 bits per heavy atom. The number of hydrogen-bond donors (Lipinski definition) is 1. The van der Waals surface area contributed by atoms with Gasteiger partial charge in [-0.3, -0.25) is 4.90 Å². The van der Waals surface area contributed by atoms with Gasteiger partial charge in [0, 0.05) is 45.3 Å². The topological polar surface area (TPSA) is 46.1 Å². The summed E-state index contributed by atoms with van der Waals surface area (Å²) in [5.74, 6) is 1.07. The fraction of sp³-hybridized carbons (Fsp3) is 0.562. The number of hydrogen-bond acceptors (Lipinski definition) is 3. The molecule has 0 aliphatic carbocycles. The molecule has 0 saturated carbocycles. The molecule has 0 bridgehead atoms. The Bertz CT molecular complexity index is 596. The van der Waals surface area contributed by atoms with Crippen molar-refractivity contribution in [2.45, 2.75) is 39.0 Å². The number of aromatic amines is 1. The highest BCUT2D eigenvalue weighted by molar-refractivity contribution is 5.16. The molecular formula is C16H24N4O. The van der Waals surface area contributed by atoms with Crippen LogP contribution in [0.2, 0.25) is 0 Å². The number of imidazole rings is 1. The number of H-pyrrole nitrogens is 1. The molecule has 3 rings (SSSR count). The van der Waals surface area contributed by atoms with Gasteiger partial charge in [-0.05, 0) is 31.9 Å². The largest absolute Gasteiger partial charge is 0.380 e. The van der Waals surface area contributed by atoms with Gasteiger partial charge < -0.3 is 14.3 Å². The van der Waals surface area contributed by atoms with Crippen molar-refractivity contribution in [1.82, 2.24) is 19.4 Å². The Hall–Kier alpha value is -1.59. The van der Waals surface area contributed by atoms with E-state index in [2.05, 4.69) is 53.8 Å². The molecule has 2 aromatic heterocycles. The van der Waals surface area contributed by atoms with Gasteiger partial charge in [0.15, 0.2) is 0 Å². The number of methoxy groups -OCH3 is 1. The van der Waals surface area contributed by atoms with E-state index in [9.17, 15) is 0 Å². The van der Waals surface area contributed by atoms with Gasteiger partial charge in [0.25, 0.3) is 0 Å². The van der Waals surface area contributed by atoms with Gasteiger partial charge in [-0.1, -0.05) is 0 Å². The Labute approximate surface area is 125 Å². The molecule has 1 saturated heterocycles. The molecular weight excluding hydrogens is 264 g/mol. The minimum absolute atomic E-state index is 0.282. The summed E-state index contributed by atoms with van der Waals surface area (Å²) >= 11 is 0. The lowest BCUT2D eigenvalue weighted by molar-refractivity contribution is 0.107. The molecule has 0 unspecified atom stereocenters. The fourth-order valence-corrected chi connectivity index (χ4v) is 3.11. The minimum atomic E-state index is 0.282. The predicted octanol–water partition coefficient (Wildman–Crippen LogP) is 2.33. The smallest absolute Gasteiger partial charge is 0.124 e. The van der Waals surface area contributed by atoms with E-state index in [0.29, 0.717) is 6.04 Å². The van der Waals surface area contributed by atoms with Crippen LogP contribution in [0.15, 0.2) is 18.5 Å². The average Bonchev–Trinajstić information content (AvgIpc) is 3.12. The minimum Gasteiger partial charge on any atom is -0.380 e. The zero-order valence-electron chi connectivity index (χ0n) is 13.3. The number of aromatic nitrogens is 3. The number of nitrogens with zero attached hydrogens (tertiary/aromatic N) is 3. The maximum absolute atomic E-state index is 5.58. The molecule has 5 heteroatoms. The summed E-state index contributed by atoms with van der Waals surface area (Å²) in [7, 11) is 3.86. The van der Waals surface area contributed by atoms with Crippen LogP contribution in [0, 0.1) is 13.8 Å². The summed E-state index contributed by atoms with van der Waals surface area (Å²) in [4.78, 5) is 10.6. The molecule has 2 atom stereocenters. The lowest BCUT2D eigenvalue weighted by atomic mass is 10.2. The van der Waals surface area contributed by atoms with E-state index >= 15 is 0 Å². The van der Waals surface area contributed by atoms with Crippen molar-refractivity contribution in [2.75, 3.05) is 13.7 Å². The summed E-state index contributed by atoms with van der Waals surface area (Å²) < 4.78 is 7.68. The maximum atomic E-state index is 5.58. The van der Waals surface area contributed by atoms with Gasteiger partial charge >= 0.3 is 0 Å². The third kappa shape index (κ3) is 2.89. The van der Waals surface area contributed by atoms with Crippen LogP contribution in [0.25, 0.3) is 0 Å². The molecule has 1 aliphatic heterocycles. The van der Waals surface area contributed by atoms with Crippen molar-refractivity contribution < 1.29 is 4.74 Å². The highest BCUT2D eigenvalue weighted by atomic mass is 16.5. The molecule has 21 heavy (non-hydrogen) atoms. The number of likely N-dealkylation sites (tertiary alicyclic amines) is 1. The van der Waals surface area contributed by atoms with Crippen molar-refractivity contribution in [3.63, 3.8) is 0 Å². The summed E-state index contributed by atoms with van der Waals surface area (Å²) in [5, 5.41) is 0. The number of rotatable bonds is 4. The summed E-state index contributed by atoms with van der Waals surface area (Å²) in [5.41, 5.74) is 3.58. The Morgan fingerprint density at radius 2 is 2.24 bits per heavy atom. The number of aryl methyl sites for hydroxylation is 3. The summed E-state index contributed by atoms with van der Waals surface area (Å²) in [6.45, 7) is 6.02. The van der Waals surface area contributed by atoms with E-state index in [4.69, 9.17) is 9.72 Å². The molecule has 0 aromatic carbocycles. The predicted molar refractivity (Wildman–Crippen MR) is 82.0 cm³/mol. The van der Waals surface area contributed by atoms with Crippen molar-refractivity contribution >= 4 is 0 Å². The third-order valence-electron chi connectivity index (χ3n) is 4.44. The first-order valence-corrected chi connectivity index (χ1v) is 7.47. The first kappa shape index (κ1) is 14.4. The van der Waals surface area contributed by atoms with Crippen molar-refractivity contribution in [1.29, 1.82) is 0 Å². The molecule has 2 aromatic rings. The van der Waals surface area contributed by atoms with Crippen LogP contribution in [-0.2, 0) is 18.3 Å². The van der Waals surface area contributed by atoms with E-state index in [1.165, 1.54) is 5.56 Å². The molecule has 1 N–H and O–H groups in total. The second-order valence-corrected chi connectivity index (χ2v) is 6.06. The molecule has 0 spiro atoms. The lowest BCUT2D eigenvalue weighted by Crippen LogP contribution is -2.25. The van der Waals surface area contributed by atoms with Crippen LogP contribution in [0.3, 0.4) is 0 Å². The van der Waals surface area contributed by atoms with Crippen molar-refractivity contribution in [3.8, 4) is 0 Å².